The zero-order valence-corrected chi connectivity index (χ0v) is 16.3. The first-order valence-corrected chi connectivity index (χ1v) is 9.60. The van der Waals surface area contributed by atoms with Crippen LogP contribution in [0.4, 0.5) is 5.69 Å². The van der Waals surface area contributed by atoms with Gasteiger partial charge in [0.05, 0.1) is 0 Å². The zero-order chi connectivity index (χ0) is 18.8. The van der Waals surface area contributed by atoms with E-state index in [4.69, 9.17) is 0 Å². The lowest BCUT2D eigenvalue weighted by Gasteiger charge is -2.15. The van der Waals surface area contributed by atoms with E-state index in [0.717, 1.165) is 30.2 Å². The van der Waals surface area contributed by atoms with Crippen LogP contribution in [0, 0.1) is 5.92 Å². The van der Waals surface area contributed by atoms with Crippen molar-refractivity contribution in [2.75, 3.05) is 18.9 Å². The number of amides is 1. The number of nitrogens with zero attached hydrogens (tertiary/aromatic N) is 1. The molecule has 0 heterocycles. The van der Waals surface area contributed by atoms with Crippen LogP contribution in [0.5, 0.6) is 0 Å². The number of nitrogens with one attached hydrogen (secondary N) is 3. The van der Waals surface area contributed by atoms with Gasteiger partial charge < -0.3 is 16.0 Å². The van der Waals surface area contributed by atoms with Gasteiger partial charge in [-0.25, -0.2) is 0 Å². The largest absolute Gasteiger partial charge is 0.356 e. The molecule has 0 aromatic heterocycles. The normalized spacial score (nSPS) is 14.8. The monoisotopic (exact) mass is 356 g/mol. The van der Waals surface area contributed by atoms with Gasteiger partial charge in [0.1, 0.15) is 0 Å². The molecule has 5 nitrogen and oxygen atoms in total. The molecule has 0 saturated heterocycles. The Hall–Kier alpha value is -2.30. The fourth-order valence-electron chi connectivity index (χ4n) is 2.87. The van der Waals surface area contributed by atoms with Crippen LogP contribution in [0.3, 0.4) is 0 Å². The Labute approximate surface area is 157 Å². The van der Waals surface area contributed by atoms with Crippen LogP contribution in [0.25, 0.3) is 0 Å². The Balaban J connectivity index is 1.73. The number of hydrogen-bond acceptors (Lipinski definition) is 2. The Kier molecular flexibility index (Phi) is 8.19. The van der Waals surface area contributed by atoms with Crippen LogP contribution < -0.4 is 16.0 Å². The summed E-state index contributed by atoms with van der Waals surface area (Å²) in [5.41, 5.74) is 3.54. The topological polar surface area (TPSA) is 65.5 Å². The van der Waals surface area contributed by atoms with E-state index in [-0.39, 0.29) is 11.8 Å². The fraction of sp³-hybridized carbons (Fsp3) is 0.524. The first-order valence-electron chi connectivity index (χ1n) is 9.60. The van der Waals surface area contributed by atoms with Crippen molar-refractivity contribution in [3.8, 4) is 0 Å². The SMILES string of the molecule is CN=C(NCCC1=CCCCC1)NCc1ccc(NC(=O)C(C)C)cc1. The summed E-state index contributed by atoms with van der Waals surface area (Å²) in [7, 11) is 1.79. The van der Waals surface area contributed by atoms with Gasteiger partial charge in [0.15, 0.2) is 5.96 Å². The minimum absolute atomic E-state index is 0.0184. The predicted octanol–water partition coefficient (Wildman–Crippen LogP) is 3.84. The third-order valence-corrected chi connectivity index (χ3v) is 4.55. The number of anilines is 1. The molecule has 0 aliphatic heterocycles. The lowest BCUT2D eigenvalue weighted by Crippen LogP contribution is -2.37. The van der Waals surface area contributed by atoms with Crippen LogP contribution in [0.2, 0.25) is 0 Å². The van der Waals surface area contributed by atoms with Crippen molar-refractivity contribution in [2.45, 2.75) is 52.5 Å². The molecule has 0 saturated carbocycles. The molecule has 0 spiro atoms. The second-order valence-electron chi connectivity index (χ2n) is 7.05. The van der Waals surface area contributed by atoms with Crippen LogP contribution in [0.1, 0.15) is 51.5 Å². The molecule has 0 radical (unpaired) electrons. The molecule has 3 N–H and O–H groups in total. The lowest BCUT2D eigenvalue weighted by molar-refractivity contribution is -0.118. The molecule has 26 heavy (non-hydrogen) atoms. The molecular weight excluding hydrogens is 324 g/mol. The van der Waals surface area contributed by atoms with Crippen molar-refractivity contribution < 1.29 is 4.79 Å². The molecule has 0 bridgehead atoms. The maximum atomic E-state index is 11.7. The molecule has 0 fully saturated rings. The molecule has 1 aromatic rings. The molecule has 1 aromatic carbocycles. The lowest BCUT2D eigenvalue weighted by atomic mass is 9.97. The highest BCUT2D eigenvalue weighted by Crippen LogP contribution is 2.19. The molecular formula is C21H32N4O. The van der Waals surface area contributed by atoms with Crippen LogP contribution in [-0.2, 0) is 11.3 Å². The van der Waals surface area contributed by atoms with Crippen molar-refractivity contribution in [1.82, 2.24) is 10.6 Å². The van der Waals surface area contributed by atoms with Gasteiger partial charge >= 0.3 is 0 Å². The number of rotatable bonds is 7. The third kappa shape index (κ3) is 6.90. The molecule has 0 unspecified atom stereocenters. The standard InChI is InChI=1S/C21H32N4O/c1-16(2)20(26)25-19-11-9-18(10-12-19)15-24-21(22-3)23-14-13-17-7-5-4-6-8-17/h7,9-12,16H,4-6,8,13-15H2,1-3H3,(H,25,26)(H2,22,23,24). The van der Waals surface area contributed by atoms with E-state index in [9.17, 15) is 4.79 Å². The summed E-state index contributed by atoms with van der Waals surface area (Å²) in [6.45, 7) is 5.38. The first-order chi connectivity index (χ1) is 12.6. The van der Waals surface area contributed by atoms with Gasteiger partial charge in [-0.05, 0) is 49.8 Å². The number of carbonyl (C=O) groups is 1. The molecule has 1 aliphatic carbocycles. The Morgan fingerprint density at radius 3 is 2.54 bits per heavy atom. The first kappa shape index (κ1) is 20.0. The number of hydrogen-bond donors (Lipinski definition) is 3. The molecule has 2 rings (SSSR count). The van der Waals surface area contributed by atoms with Crippen LogP contribution in [0.15, 0.2) is 40.9 Å². The van der Waals surface area contributed by atoms with Crippen molar-refractivity contribution in [2.24, 2.45) is 10.9 Å². The highest BCUT2D eigenvalue weighted by atomic mass is 16.1. The number of benzene rings is 1. The van der Waals surface area contributed by atoms with Gasteiger partial charge in [0.25, 0.3) is 0 Å². The second-order valence-corrected chi connectivity index (χ2v) is 7.05. The van der Waals surface area contributed by atoms with E-state index in [1.165, 1.54) is 25.7 Å². The zero-order valence-electron chi connectivity index (χ0n) is 16.3. The molecule has 1 aliphatic rings. The minimum Gasteiger partial charge on any atom is -0.356 e. The highest BCUT2D eigenvalue weighted by molar-refractivity contribution is 5.92. The Morgan fingerprint density at radius 2 is 1.92 bits per heavy atom. The van der Waals surface area contributed by atoms with Crippen LogP contribution >= 0.6 is 0 Å². The highest BCUT2D eigenvalue weighted by Gasteiger charge is 2.07. The van der Waals surface area contributed by atoms with Crippen molar-refractivity contribution >= 4 is 17.6 Å². The van der Waals surface area contributed by atoms with Crippen molar-refractivity contribution in [3.05, 3.63) is 41.5 Å². The maximum absolute atomic E-state index is 11.7. The summed E-state index contributed by atoms with van der Waals surface area (Å²) in [5.74, 6) is 0.835. The van der Waals surface area contributed by atoms with Gasteiger partial charge in [-0.1, -0.05) is 37.6 Å². The van der Waals surface area contributed by atoms with Gasteiger partial charge in [-0.3, -0.25) is 9.79 Å². The van der Waals surface area contributed by atoms with E-state index in [2.05, 4.69) is 27.0 Å². The second kappa shape index (κ2) is 10.6. The van der Waals surface area contributed by atoms with Gasteiger partial charge in [0, 0.05) is 31.7 Å². The van der Waals surface area contributed by atoms with E-state index in [1.807, 2.05) is 38.1 Å². The quantitative estimate of drug-likeness (QED) is 0.395. The number of guanidine groups is 1. The van der Waals surface area contributed by atoms with E-state index >= 15 is 0 Å². The van der Waals surface area contributed by atoms with E-state index in [0.29, 0.717) is 6.54 Å². The van der Waals surface area contributed by atoms with Gasteiger partial charge in [-0.15, -0.1) is 0 Å². The van der Waals surface area contributed by atoms with E-state index in [1.54, 1.807) is 12.6 Å². The molecule has 0 atom stereocenters. The number of carbonyl (C=O) groups excluding carboxylic acids is 1. The Bertz CT molecular complexity index is 632. The van der Waals surface area contributed by atoms with Crippen molar-refractivity contribution in [3.63, 3.8) is 0 Å². The third-order valence-electron chi connectivity index (χ3n) is 4.55. The summed E-state index contributed by atoms with van der Waals surface area (Å²) < 4.78 is 0. The summed E-state index contributed by atoms with van der Waals surface area (Å²) in [5, 5.41) is 9.61. The fourth-order valence-corrected chi connectivity index (χ4v) is 2.87. The summed E-state index contributed by atoms with van der Waals surface area (Å²) >= 11 is 0. The smallest absolute Gasteiger partial charge is 0.226 e. The van der Waals surface area contributed by atoms with Gasteiger partial charge in [0.2, 0.25) is 5.91 Å². The average molecular weight is 357 g/mol. The summed E-state index contributed by atoms with van der Waals surface area (Å²) in [6, 6.07) is 7.90. The minimum atomic E-state index is -0.0184. The molecule has 142 valence electrons. The van der Waals surface area contributed by atoms with Crippen molar-refractivity contribution in [1.29, 1.82) is 0 Å². The number of allylic oxidation sites excluding steroid dienone is 1. The molecule has 1 amide bonds. The Morgan fingerprint density at radius 1 is 1.15 bits per heavy atom. The van der Waals surface area contributed by atoms with Gasteiger partial charge in [-0.2, -0.15) is 0 Å². The maximum Gasteiger partial charge on any atom is 0.226 e. The van der Waals surface area contributed by atoms with E-state index < -0.39 is 0 Å². The average Bonchev–Trinajstić information content (AvgIpc) is 2.66. The molecule has 5 heteroatoms. The predicted molar refractivity (Wildman–Crippen MR) is 109 cm³/mol. The van der Waals surface area contributed by atoms with Crippen LogP contribution in [-0.4, -0.2) is 25.5 Å². The summed E-state index contributed by atoms with van der Waals surface area (Å²) in [4.78, 5) is 16.0. The number of aliphatic imine (C=N–C) groups is 1. The summed E-state index contributed by atoms with van der Waals surface area (Å²) in [6.07, 6.45) is 8.61.